The highest BCUT2D eigenvalue weighted by atomic mass is 16.3. The average Bonchev–Trinajstić information content (AvgIpc) is 2.48. The van der Waals surface area contributed by atoms with Crippen molar-refractivity contribution in [1.29, 1.82) is 0 Å². The summed E-state index contributed by atoms with van der Waals surface area (Å²) in [6.45, 7) is 0.512. The molecule has 0 fully saturated rings. The maximum Gasteiger partial charge on any atom is 0.257 e. The SMILES string of the molecule is CN(CCc1ccncc1)C(=O)c1cccc(O)c1O. The third kappa shape index (κ3) is 3.06. The van der Waals surface area contributed by atoms with Crippen LogP contribution in [-0.4, -0.2) is 39.6 Å². The highest BCUT2D eigenvalue weighted by Gasteiger charge is 2.17. The van der Waals surface area contributed by atoms with Crippen LogP contribution in [0.3, 0.4) is 0 Å². The Kier molecular flexibility index (Phi) is 4.20. The molecular weight excluding hydrogens is 256 g/mol. The Morgan fingerprint density at radius 3 is 2.60 bits per heavy atom. The molecule has 0 bridgehead atoms. The van der Waals surface area contributed by atoms with Crippen LogP contribution in [0.25, 0.3) is 0 Å². The zero-order valence-electron chi connectivity index (χ0n) is 11.2. The second-order valence-corrected chi connectivity index (χ2v) is 4.51. The number of aromatic nitrogens is 1. The van der Waals surface area contributed by atoms with Gasteiger partial charge in [-0.05, 0) is 36.2 Å². The van der Waals surface area contributed by atoms with Gasteiger partial charge >= 0.3 is 0 Å². The topological polar surface area (TPSA) is 73.7 Å². The van der Waals surface area contributed by atoms with Gasteiger partial charge < -0.3 is 15.1 Å². The summed E-state index contributed by atoms with van der Waals surface area (Å²) in [5, 5.41) is 19.1. The van der Waals surface area contributed by atoms with Crippen molar-refractivity contribution in [2.24, 2.45) is 0 Å². The number of phenols is 2. The van der Waals surface area contributed by atoms with E-state index in [9.17, 15) is 15.0 Å². The van der Waals surface area contributed by atoms with Gasteiger partial charge in [0.25, 0.3) is 5.91 Å². The Balaban J connectivity index is 2.04. The van der Waals surface area contributed by atoms with Crippen molar-refractivity contribution in [3.05, 3.63) is 53.9 Å². The average molecular weight is 272 g/mol. The maximum absolute atomic E-state index is 12.2. The van der Waals surface area contributed by atoms with Crippen LogP contribution < -0.4 is 0 Å². The minimum absolute atomic E-state index is 0.0993. The van der Waals surface area contributed by atoms with Gasteiger partial charge in [-0.2, -0.15) is 0 Å². The molecular formula is C15H16N2O3. The minimum Gasteiger partial charge on any atom is -0.504 e. The largest absolute Gasteiger partial charge is 0.504 e. The summed E-state index contributed by atoms with van der Waals surface area (Å²) in [6, 6.07) is 8.14. The van der Waals surface area contributed by atoms with Gasteiger partial charge in [0.1, 0.15) is 0 Å². The van der Waals surface area contributed by atoms with Gasteiger partial charge in [-0.15, -0.1) is 0 Å². The number of benzene rings is 1. The van der Waals surface area contributed by atoms with Crippen LogP contribution in [0.1, 0.15) is 15.9 Å². The van der Waals surface area contributed by atoms with Crippen molar-refractivity contribution in [1.82, 2.24) is 9.88 Å². The Labute approximate surface area is 117 Å². The molecule has 0 spiro atoms. The summed E-state index contributed by atoms with van der Waals surface area (Å²) in [5.41, 5.74) is 1.18. The van der Waals surface area contributed by atoms with Crippen LogP contribution in [0.2, 0.25) is 0 Å². The number of likely N-dealkylation sites (N-methyl/N-ethyl adjacent to an activating group) is 1. The van der Waals surface area contributed by atoms with Crippen molar-refractivity contribution in [2.75, 3.05) is 13.6 Å². The predicted molar refractivity (Wildman–Crippen MR) is 74.7 cm³/mol. The van der Waals surface area contributed by atoms with E-state index in [1.54, 1.807) is 19.4 Å². The second-order valence-electron chi connectivity index (χ2n) is 4.51. The monoisotopic (exact) mass is 272 g/mol. The first-order valence-electron chi connectivity index (χ1n) is 6.25. The summed E-state index contributed by atoms with van der Waals surface area (Å²) in [6.07, 6.45) is 4.11. The molecule has 2 aromatic rings. The van der Waals surface area contributed by atoms with Gasteiger partial charge in [-0.3, -0.25) is 9.78 Å². The van der Waals surface area contributed by atoms with E-state index in [2.05, 4.69) is 4.98 Å². The number of hydrogen-bond acceptors (Lipinski definition) is 4. The van der Waals surface area contributed by atoms with Crippen molar-refractivity contribution in [3.63, 3.8) is 0 Å². The fourth-order valence-electron chi connectivity index (χ4n) is 1.86. The zero-order valence-corrected chi connectivity index (χ0v) is 11.2. The van der Waals surface area contributed by atoms with Gasteiger partial charge in [0.2, 0.25) is 0 Å². The molecule has 0 aliphatic heterocycles. The number of amides is 1. The molecule has 0 saturated heterocycles. The van der Waals surface area contributed by atoms with Crippen LogP contribution in [0.15, 0.2) is 42.7 Å². The molecule has 1 amide bonds. The van der Waals surface area contributed by atoms with Crippen molar-refractivity contribution in [2.45, 2.75) is 6.42 Å². The first-order chi connectivity index (χ1) is 9.59. The number of aromatic hydroxyl groups is 2. The molecule has 1 heterocycles. The number of pyridine rings is 1. The van der Waals surface area contributed by atoms with E-state index in [0.29, 0.717) is 13.0 Å². The lowest BCUT2D eigenvalue weighted by atomic mass is 10.1. The molecule has 2 N–H and O–H groups in total. The summed E-state index contributed by atoms with van der Waals surface area (Å²) in [4.78, 5) is 17.6. The standard InChI is InChI=1S/C15H16N2O3/c1-17(10-7-11-5-8-16-9-6-11)15(20)12-3-2-4-13(18)14(12)19/h2-6,8-9,18-19H,7,10H2,1H3. The Morgan fingerprint density at radius 1 is 1.20 bits per heavy atom. The third-order valence-electron chi connectivity index (χ3n) is 3.08. The third-order valence-corrected chi connectivity index (χ3v) is 3.08. The number of hydrogen-bond donors (Lipinski definition) is 2. The van der Waals surface area contributed by atoms with Crippen LogP contribution in [-0.2, 0) is 6.42 Å². The van der Waals surface area contributed by atoms with Crippen molar-refractivity contribution >= 4 is 5.91 Å². The van der Waals surface area contributed by atoms with E-state index in [-0.39, 0.29) is 23.0 Å². The molecule has 0 saturated carbocycles. The molecule has 1 aromatic heterocycles. The lowest BCUT2D eigenvalue weighted by Crippen LogP contribution is -2.28. The first kappa shape index (κ1) is 13.9. The molecule has 104 valence electrons. The summed E-state index contributed by atoms with van der Waals surface area (Å²) < 4.78 is 0. The molecule has 5 nitrogen and oxygen atoms in total. The quantitative estimate of drug-likeness (QED) is 0.832. The lowest BCUT2D eigenvalue weighted by molar-refractivity contribution is 0.0793. The molecule has 1 aromatic carbocycles. The molecule has 20 heavy (non-hydrogen) atoms. The van der Waals surface area contributed by atoms with E-state index in [1.807, 2.05) is 12.1 Å². The van der Waals surface area contributed by atoms with Gasteiger partial charge in [-0.25, -0.2) is 0 Å². The summed E-state index contributed by atoms with van der Waals surface area (Å²) >= 11 is 0. The number of carbonyl (C=O) groups is 1. The second kappa shape index (κ2) is 6.06. The summed E-state index contributed by atoms with van der Waals surface area (Å²) in [5.74, 6) is -1.00. The first-order valence-corrected chi connectivity index (χ1v) is 6.25. The number of rotatable bonds is 4. The Bertz CT molecular complexity index is 599. The number of phenolic OH excluding ortho intramolecular Hbond substituents is 2. The molecule has 0 aliphatic rings. The smallest absolute Gasteiger partial charge is 0.257 e. The highest BCUT2D eigenvalue weighted by Crippen LogP contribution is 2.28. The molecule has 0 atom stereocenters. The predicted octanol–water partition coefficient (Wildman–Crippen LogP) is 1.81. The van der Waals surface area contributed by atoms with Crippen molar-refractivity contribution < 1.29 is 15.0 Å². The maximum atomic E-state index is 12.2. The van der Waals surface area contributed by atoms with Crippen LogP contribution in [0.5, 0.6) is 11.5 Å². The van der Waals surface area contributed by atoms with Gasteiger partial charge in [-0.1, -0.05) is 6.07 Å². The van der Waals surface area contributed by atoms with Crippen LogP contribution in [0, 0.1) is 0 Å². The fraction of sp³-hybridized carbons (Fsp3) is 0.200. The van der Waals surface area contributed by atoms with E-state index < -0.39 is 0 Å². The fourth-order valence-corrected chi connectivity index (χ4v) is 1.86. The van der Waals surface area contributed by atoms with Crippen molar-refractivity contribution in [3.8, 4) is 11.5 Å². The molecule has 2 rings (SSSR count). The Morgan fingerprint density at radius 2 is 1.90 bits per heavy atom. The molecule has 0 unspecified atom stereocenters. The number of nitrogens with zero attached hydrogens (tertiary/aromatic N) is 2. The lowest BCUT2D eigenvalue weighted by Gasteiger charge is -2.18. The highest BCUT2D eigenvalue weighted by molar-refractivity contribution is 5.97. The van der Waals surface area contributed by atoms with Crippen LogP contribution >= 0.6 is 0 Å². The van der Waals surface area contributed by atoms with Gasteiger partial charge in [0, 0.05) is 26.0 Å². The van der Waals surface area contributed by atoms with E-state index in [1.165, 1.54) is 23.1 Å². The molecule has 5 heteroatoms. The van der Waals surface area contributed by atoms with Crippen LogP contribution in [0.4, 0.5) is 0 Å². The molecule has 0 aliphatic carbocycles. The van der Waals surface area contributed by atoms with Gasteiger partial charge in [0.15, 0.2) is 11.5 Å². The number of carbonyl (C=O) groups excluding carboxylic acids is 1. The number of para-hydroxylation sites is 1. The van der Waals surface area contributed by atoms with E-state index in [4.69, 9.17) is 0 Å². The normalized spacial score (nSPS) is 10.2. The van der Waals surface area contributed by atoms with E-state index in [0.717, 1.165) is 5.56 Å². The minimum atomic E-state index is -0.381. The van der Waals surface area contributed by atoms with E-state index >= 15 is 0 Å². The Hall–Kier alpha value is -2.56. The van der Waals surface area contributed by atoms with Gasteiger partial charge in [0.05, 0.1) is 5.56 Å². The zero-order chi connectivity index (χ0) is 14.5. The summed E-state index contributed by atoms with van der Waals surface area (Å²) in [7, 11) is 1.66. The molecule has 0 radical (unpaired) electrons.